The van der Waals surface area contributed by atoms with E-state index in [9.17, 15) is 16.8 Å². The van der Waals surface area contributed by atoms with Crippen molar-refractivity contribution in [2.45, 2.75) is 22.9 Å². The van der Waals surface area contributed by atoms with Crippen molar-refractivity contribution < 1.29 is 16.8 Å². The first kappa shape index (κ1) is 23.2. The first-order valence-electron chi connectivity index (χ1n) is 9.60. The average Bonchev–Trinajstić information content (AvgIpc) is 2.72. The number of sulfonamides is 2. The highest BCUT2D eigenvalue weighted by Crippen LogP contribution is 2.21. The van der Waals surface area contributed by atoms with Gasteiger partial charge in [-0.25, -0.2) is 27.0 Å². The second-order valence-electron chi connectivity index (χ2n) is 7.07. The molecule has 0 spiro atoms. The van der Waals surface area contributed by atoms with Gasteiger partial charge in [0.15, 0.2) is 0 Å². The van der Waals surface area contributed by atoms with Gasteiger partial charge in [-0.1, -0.05) is 30.3 Å². The lowest BCUT2D eigenvalue weighted by Gasteiger charge is -2.33. The number of rotatable bonds is 9. The van der Waals surface area contributed by atoms with Crippen molar-refractivity contribution in [3.05, 3.63) is 54.2 Å². The Hall–Kier alpha value is -1.50. The zero-order valence-corrected chi connectivity index (χ0v) is 19.0. The fourth-order valence-electron chi connectivity index (χ4n) is 3.16. The maximum Gasteiger partial charge on any atom is 0.244 e. The fourth-order valence-corrected chi connectivity index (χ4v) is 6.05. The standard InChI is InChI=1S/C19H26N4O4S3/c20-29(24,25)14-4-13-28-19-8-7-18(15-21-19)30(26,27)23-11-9-22(10-12-23)16-17-5-2-1-3-6-17/h1-3,5-8,15H,4,9-14,16H2,(H2,20,24,25). The van der Waals surface area contributed by atoms with Crippen molar-refractivity contribution in [1.82, 2.24) is 14.2 Å². The molecule has 2 heterocycles. The van der Waals surface area contributed by atoms with E-state index in [-0.39, 0.29) is 10.6 Å². The molecule has 0 saturated carbocycles. The van der Waals surface area contributed by atoms with Crippen LogP contribution in [0.15, 0.2) is 58.6 Å². The molecule has 11 heteroatoms. The Morgan fingerprint density at radius 1 is 0.967 bits per heavy atom. The summed E-state index contributed by atoms with van der Waals surface area (Å²) in [5.74, 6) is 0.460. The van der Waals surface area contributed by atoms with E-state index in [1.54, 1.807) is 12.1 Å². The zero-order valence-electron chi connectivity index (χ0n) is 16.6. The molecule has 2 N–H and O–H groups in total. The van der Waals surface area contributed by atoms with E-state index in [4.69, 9.17) is 5.14 Å². The topological polar surface area (TPSA) is 114 Å². The molecule has 2 aromatic rings. The van der Waals surface area contributed by atoms with Crippen LogP contribution in [0, 0.1) is 0 Å². The number of benzene rings is 1. The van der Waals surface area contributed by atoms with Crippen LogP contribution in [-0.2, 0) is 26.6 Å². The minimum Gasteiger partial charge on any atom is -0.296 e. The van der Waals surface area contributed by atoms with Crippen LogP contribution in [0.2, 0.25) is 0 Å². The van der Waals surface area contributed by atoms with Crippen molar-refractivity contribution in [3.8, 4) is 0 Å². The first-order valence-corrected chi connectivity index (χ1v) is 13.7. The normalized spacial score (nSPS) is 16.6. The third-order valence-electron chi connectivity index (χ3n) is 4.75. The summed E-state index contributed by atoms with van der Waals surface area (Å²) in [6, 6.07) is 13.3. The molecule has 1 aromatic carbocycles. The molecule has 30 heavy (non-hydrogen) atoms. The summed E-state index contributed by atoms with van der Waals surface area (Å²) >= 11 is 1.37. The molecule has 1 aromatic heterocycles. The molecular weight excluding hydrogens is 444 g/mol. The lowest BCUT2D eigenvalue weighted by molar-refractivity contribution is 0.181. The predicted molar refractivity (Wildman–Crippen MR) is 118 cm³/mol. The predicted octanol–water partition coefficient (Wildman–Crippen LogP) is 1.36. The lowest BCUT2D eigenvalue weighted by atomic mass is 10.2. The van der Waals surface area contributed by atoms with Crippen LogP contribution < -0.4 is 5.14 Å². The molecular formula is C19H26N4O4S3. The average molecular weight is 471 g/mol. The zero-order chi connectivity index (χ0) is 21.6. The van der Waals surface area contributed by atoms with Gasteiger partial charge in [0.25, 0.3) is 0 Å². The number of thioether (sulfide) groups is 1. The molecule has 0 bridgehead atoms. The van der Waals surface area contributed by atoms with Crippen LogP contribution in [0.3, 0.4) is 0 Å². The Bertz CT molecular complexity index is 1020. The van der Waals surface area contributed by atoms with Crippen LogP contribution >= 0.6 is 11.8 Å². The van der Waals surface area contributed by atoms with Crippen molar-refractivity contribution in [2.75, 3.05) is 37.7 Å². The van der Waals surface area contributed by atoms with Crippen LogP contribution in [0.5, 0.6) is 0 Å². The Morgan fingerprint density at radius 3 is 2.27 bits per heavy atom. The van der Waals surface area contributed by atoms with Gasteiger partial charge < -0.3 is 0 Å². The number of hydrogen-bond acceptors (Lipinski definition) is 7. The number of piperazine rings is 1. The SMILES string of the molecule is NS(=O)(=O)CCCSc1ccc(S(=O)(=O)N2CCN(Cc3ccccc3)CC2)cn1. The smallest absolute Gasteiger partial charge is 0.244 e. The largest absolute Gasteiger partial charge is 0.296 e. The van der Waals surface area contributed by atoms with E-state index in [0.29, 0.717) is 43.4 Å². The molecule has 0 radical (unpaired) electrons. The van der Waals surface area contributed by atoms with E-state index in [0.717, 1.165) is 6.54 Å². The van der Waals surface area contributed by atoms with Gasteiger partial charge in [-0.05, 0) is 24.1 Å². The first-order chi connectivity index (χ1) is 14.2. The van der Waals surface area contributed by atoms with Gasteiger partial charge >= 0.3 is 0 Å². The molecule has 0 aliphatic carbocycles. The quantitative estimate of drug-likeness (QED) is 0.435. The van der Waals surface area contributed by atoms with Crippen molar-refractivity contribution in [1.29, 1.82) is 0 Å². The van der Waals surface area contributed by atoms with Crippen LogP contribution in [0.4, 0.5) is 0 Å². The Kier molecular flexibility index (Phi) is 7.88. The molecule has 0 unspecified atom stereocenters. The van der Waals surface area contributed by atoms with Crippen molar-refractivity contribution in [2.24, 2.45) is 5.14 Å². The molecule has 1 aliphatic rings. The highest BCUT2D eigenvalue weighted by molar-refractivity contribution is 7.99. The number of primary sulfonamides is 1. The molecule has 1 aliphatic heterocycles. The van der Waals surface area contributed by atoms with Gasteiger partial charge in [-0.3, -0.25) is 4.90 Å². The summed E-state index contributed by atoms with van der Waals surface area (Å²) in [5, 5.41) is 5.62. The monoisotopic (exact) mass is 470 g/mol. The summed E-state index contributed by atoms with van der Waals surface area (Å²) in [5.41, 5.74) is 1.22. The molecule has 164 valence electrons. The van der Waals surface area contributed by atoms with Crippen molar-refractivity contribution in [3.63, 3.8) is 0 Å². The van der Waals surface area contributed by atoms with E-state index >= 15 is 0 Å². The maximum absolute atomic E-state index is 12.9. The molecule has 0 atom stereocenters. The minimum absolute atomic E-state index is 0.0806. The second kappa shape index (κ2) is 10.2. The Balaban J connectivity index is 1.51. The summed E-state index contributed by atoms with van der Waals surface area (Å²) in [7, 11) is -7.04. The number of aromatic nitrogens is 1. The third-order valence-corrected chi connectivity index (χ3v) is 8.52. The molecule has 3 rings (SSSR count). The van der Waals surface area contributed by atoms with E-state index < -0.39 is 20.0 Å². The van der Waals surface area contributed by atoms with Gasteiger partial charge in [0, 0.05) is 44.7 Å². The molecule has 0 amide bonds. The van der Waals surface area contributed by atoms with Crippen LogP contribution in [0.25, 0.3) is 0 Å². The Morgan fingerprint density at radius 2 is 1.67 bits per heavy atom. The molecule has 1 fully saturated rings. The maximum atomic E-state index is 12.9. The van der Waals surface area contributed by atoms with E-state index in [1.165, 1.54) is 27.8 Å². The number of pyridine rings is 1. The van der Waals surface area contributed by atoms with Crippen LogP contribution in [0.1, 0.15) is 12.0 Å². The van der Waals surface area contributed by atoms with Crippen LogP contribution in [-0.4, -0.2) is 68.7 Å². The lowest BCUT2D eigenvalue weighted by Crippen LogP contribution is -2.48. The molecule has 8 nitrogen and oxygen atoms in total. The number of nitrogens with zero attached hydrogens (tertiary/aromatic N) is 3. The van der Waals surface area contributed by atoms with Gasteiger partial charge in [0.2, 0.25) is 20.0 Å². The number of nitrogens with two attached hydrogens (primary N) is 1. The summed E-state index contributed by atoms with van der Waals surface area (Å²) in [6.45, 7) is 3.06. The fraction of sp³-hybridized carbons (Fsp3) is 0.421. The van der Waals surface area contributed by atoms with Gasteiger partial charge in [0.05, 0.1) is 10.8 Å². The van der Waals surface area contributed by atoms with Gasteiger partial charge in [-0.15, -0.1) is 11.8 Å². The second-order valence-corrected chi connectivity index (χ2v) is 11.9. The van der Waals surface area contributed by atoms with E-state index in [2.05, 4.69) is 22.0 Å². The third kappa shape index (κ3) is 6.76. The molecule has 1 saturated heterocycles. The summed E-state index contributed by atoms with van der Waals surface area (Å²) < 4.78 is 49.2. The number of hydrogen-bond donors (Lipinski definition) is 1. The van der Waals surface area contributed by atoms with Gasteiger partial charge in [0.1, 0.15) is 4.90 Å². The Labute approximate surface area is 182 Å². The minimum atomic E-state index is -3.58. The highest BCUT2D eigenvalue weighted by atomic mass is 32.2. The van der Waals surface area contributed by atoms with Gasteiger partial charge in [-0.2, -0.15) is 4.31 Å². The summed E-state index contributed by atoms with van der Waals surface area (Å²) in [6.07, 6.45) is 1.78. The summed E-state index contributed by atoms with van der Waals surface area (Å²) in [4.78, 5) is 6.64. The van der Waals surface area contributed by atoms with E-state index in [1.807, 2.05) is 18.2 Å². The van der Waals surface area contributed by atoms with Crippen molar-refractivity contribution >= 4 is 31.8 Å². The highest BCUT2D eigenvalue weighted by Gasteiger charge is 2.28.